The maximum atomic E-state index is 6.02. The zero-order chi connectivity index (χ0) is 11.2. The average molecular weight is 289 g/mol. The van der Waals surface area contributed by atoms with Crippen molar-refractivity contribution in [3.63, 3.8) is 0 Å². The van der Waals surface area contributed by atoms with Crippen LogP contribution >= 0.6 is 27.5 Å². The van der Waals surface area contributed by atoms with Crippen LogP contribution in [-0.4, -0.2) is 6.54 Å². The Morgan fingerprint density at radius 2 is 2.13 bits per heavy atom. The molecule has 0 bridgehead atoms. The predicted octanol–water partition coefficient (Wildman–Crippen LogP) is 3.80. The number of halogens is 2. The largest absolute Gasteiger partial charge is 0.330 e. The van der Waals surface area contributed by atoms with E-state index in [0.717, 1.165) is 16.0 Å². The smallest absolute Gasteiger partial charge is 0.0409 e. The van der Waals surface area contributed by atoms with Crippen molar-refractivity contribution in [1.82, 2.24) is 0 Å². The second-order valence-corrected chi connectivity index (χ2v) is 6.10. The number of rotatable bonds is 2. The summed E-state index contributed by atoms with van der Waals surface area (Å²) in [6.45, 7) is 5.28. The zero-order valence-electron chi connectivity index (χ0n) is 8.93. The summed E-state index contributed by atoms with van der Waals surface area (Å²) in [4.78, 5) is 0. The zero-order valence-corrected chi connectivity index (χ0v) is 11.3. The van der Waals surface area contributed by atoms with Gasteiger partial charge in [-0.15, -0.1) is 0 Å². The van der Waals surface area contributed by atoms with E-state index in [-0.39, 0.29) is 0 Å². The minimum Gasteiger partial charge on any atom is -0.330 e. The molecule has 82 valence electrons. The van der Waals surface area contributed by atoms with Crippen molar-refractivity contribution in [2.24, 2.45) is 17.1 Å². The molecule has 15 heavy (non-hydrogen) atoms. The fourth-order valence-corrected chi connectivity index (χ4v) is 3.23. The molecule has 0 aromatic heterocycles. The van der Waals surface area contributed by atoms with Crippen LogP contribution in [0.15, 0.2) is 22.7 Å². The summed E-state index contributed by atoms with van der Waals surface area (Å²) >= 11 is 9.60. The third-order valence-corrected chi connectivity index (χ3v) is 4.55. The third-order valence-electron chi connectivity index (χ3n) is 3.60. The Labute approximate surface area is 104 Å². The van der Waals surface area contributed by atoms with Gasteiger partial charge in [0.2, 0.25) is 0 Å². The van der Waals surface area contributed by atoms with Crippen molar-refractivity contribution in [3.05, 3.63) is 33.3 Å². The Morgan fingerprint density at radius 3 is 2.67 bits per heavy atom. The summed E-state index contributed by atoms with van der Waals surface area (Å²) in [7, 11) is 0. The molecule has 0 amide bonds. The number of nitrogens with two attached hydrogens (primary N) is 1. The number of hydrogen-bond acceptors (Lipinski definition) is 1. The van der Waals surface area contributed by atoms with E-state index in [0.29, 0.717) is 17.3 Å². The van der Waals surface area contributed by atoms with Crippen LogP contribution in [0.4, 0.5) is 0 Å². The summed E-state index contributed by atoms with van der Waals surface area (Å²) in [5.41, 5.74) is 7.38. The fourth-order valence-electron chi connectivity index (χ4n) is 2.55. The fraction of sp³-hybridized carbons (Fsp3) is 0.500. The van der Waals surface area contributed by atoms with Gasteiger partial charge in [-0.25, -0.2) is 0 Å². The quantitative estimate of drug-likeness (QED) is 0.880. The third kappa shape index (κ3) is 1.83. The van der Waals surface area contributed by atoms with Crippen molar-refractivity contribution >= 4 is 27.5 Å². The molecule has 1 aliphatic rings. The van der Waals surface area contributed by atoms with Crippen LogP contribution < -0.4 is 5.73 Å². The highest BCUT2D eigenvalue weighted by Gasteiger charge is 2.57. The lowest BCUT2D eigenvalue weighted by Gasteiger charge is -2.06. The Hall–Kier alpha value is -0.0500. The molecule has 3 heteroatoms. The summed E-state index contributed by atoms with van der Waals surface area (Å²) in [5.74, 6) is 1.11. The normalized spacial score (nSPS) is 27.8. The maximum absolute atomic E-state index is 6.02. The summed E-state index contributed by atoms with van der Waals surface area (Å²) in [6.07, 6.45) is 0. The second kappa shape index (κ2) is 3.76. The molecular formula is C12H15BrClN. The Kier molecular flexibility index (Phi) is 2.87. The standard InChI is InChI=1S/C12H15BrClN/c1-12(2)9(6-15)11(12)8-5-7(14)3-4-10(8)13/h3-5,9,11H,6,15H2,1-2H3. The molecule has 1 aliphatic carbocycles. The van der Waals surface area contributed by atoms with Gasteiger partial charge in [0.1, 0.15) is 0 Å². The number of hydrogen-bond donors (Lipinski definition) is 1. The van der Waals surface area contributed by atoms with Crippen LogP contribution in [0.5, 0.6) is 0 Å². The molecule has 2 rings (SSSR count). The molecule has 1 nitrogen and oxygen atoms in total. The summed E-state index contributed by atoms with van der Waals surface area (Å²) in [6, 6.07) is 5.97. The van der Waals surface area contributed by atoms with Gasteiger partial charge in [0, 0.05) is 9.50 Å². The van der Waals surface area contributed by atoms with E-state index >= 15 is 0 Å². The van der Waals surface area contributed by atoms with E-state index in [4.69, 9.17) is 17.3 Å². The van der Waals surface area contributed by atoms with Gasteiger partial charge >= 0.3 is 0 Å². The first-order valence-electron chi connectivity index (χ1n) is 5.13. The molecule has 0 heterocycles. The second-order valence-electron chi connectivity index (χ2n) is 4.81. The first kappa shape index (κ1) is 11.4. The molecule has 1 saturated carbocycles. The molecule has 0 saturated heterocycles. The Balaban J connectivity index is 2.36. The van der Waals surface area contributed by atoms with E-state index in [1.807, 2.05) is 18.2 Å². The van der Waals surface area contributed by atoms with Crippen LogP contribution in [0.1, 0.15) is 25.3 Å². The highest BCUT2D eigenvalue weighted by atomic mass is 79.9. The van der Waals surface area contributed by atoms with Crippen molar-refractivity contribution in [1.29, 1.82) is 0 Å². The summed E-state index contributed by atoms with van der Waals surface area (Å²) < 4.78 is 1.14. The monoisotopic (exact) mass is 287 g/mol. The van der Waals surface area contributed by atoms with Crippen LogP contribution in [0.25, 0.3) is 0 Å². The van der Waals surface area contributed by atoms with E-state index < -0.39 is 0 Å². The van der Waals surface area contributed by atoms with Gasteiger partial charge in [0.15, 0.2) is 0 Å². The first-order chi connectivity index (χ1) is 6.98. The molecule has 0 aliphatic heterocycles. The van der Waals surface area contributed by atoms with Crippen LogP contribution in [0.3, 0.4) is 0 Å². The van der Waals surface area contributed by atoms with Gasteiger partial charge in [-0.2, -0.15) is 0 Å². The first-order valence-corrected chi connectivity index (χ1v) is 6.30. The van der Waals surface area contributed by atoms with Gasteiger partial charge in [-0.05, 0) is 47.6 Å². The minimum absolute atomic E-state index is 0.307. The molecule has 1 fully saturated rings. The number of benzene rings is 1. The highest BCUT2D eigenvalue weighted by Crippen LogP contribution is 2.64. The lowest BCUT2D eigenvalue weighted by Crippen LogP contribution is -2.05. The van der Waals surface area contributed by atoms with Crippen LogP contribution in [0.2, 0.25) is 5.02 Å². The highest BCUT2D eigenvalue weighted by molar-refractivity contribution is 9.10. The Bertz CT molecular complexity index is 389. The van der Waals surface area contributed by atoms with Gasteiger partial charge in [0.05, 0.1) is 0 Å². The predicted molar refractivity (Wildman–Crippen MR) is 68.2 cm³/mol. The summed E-state index contributed by atoms with van der Waals surface area (Å²) in [5, 5.41) is 0.798. The van der Waals surface area contributed by atoms with E-state index in [2.05, 4.69) is 29.8 Å². The molecule has 2 unspecified atom stereocenters. The van der Waals surface area contributed by atoms with Crippen molar-refractivity contribution in [2.75, 3.05) is 6.54 Å². The van der Waals surface area contributed by atoms with Gasteiger partial charge < -0.3 is 5.73 Å². The molecular weight excluding hydrogens is 273 g/mol. The topological polar surface area (TPSA) is 26.0 Å². The maximum Gasteiger partial charge on any atom is 0.0409 e. The van der Waals surface area contributed by atoms with E-state index in [1.54, 1.807) is 0 Å². The van der Waals surface area contributed by atoms with Crippen molar-refractivity contribution in [3.8, 4) is 0 Å². The van der Waals surface area contributed by atoms with Crippen LogP contribution in [0, 0.1) is 11.3 Å². The molecule has 1 aromatic carbocycles. The molecule has 0 radical (unpaired) electrons. The van der Waals surface area contributed by atoms with Crippen molar-refractivity contribution in [2.45, 2.75) is 19.8 Å². The molecule has 0 spiro atoms. The average Bonchev–Trinajstić information content (AvgIpc) is 2.72. The molecule has 2 N–H and O–H groups in total. The minimum atomic E-state index is 0.307. The van der Waals surface area contributed by atoms with Gasteiger partial charge in [0.25, 0.3) is 0 Å². The lowest BCUT2D eigenvalue weighted by atomic mass is 10.0. The molecule has 2 atom stereocenters. The van der Waals surface area contributed by atoms with Gasteiger partial charge in [-0.1, -0.05) is 41.4 Å². The van der Waals surface area contributed by atoms with E-state index in [9.17, 15) is 0 Å². The lowest BCUT2D eigenvalue weighted by molar-refractivity contribution is 0.558. The van der Waals surface area contributed by atoms with Crippen molar-refractivity contribution < 1.29 is 0 Å². The van der Waals surface area contributed by atoms with Gasteiger partial charge in [-0.3, -0.25) is 0 Å². The SMILES string of the molecule is CC1(C)C(CN)C1c1cc(Cl)ccc1Br. The van der Waals surface area contributed by atoms with Crippen LogP contribution in [-0.2, 0) is 0 Å². The van der Waals surface area contributed by atoms with E-state index in [1.165, 1.54) is 5.56 Å². The molecule has 1 aromatic rings. The Morgan fingerprint density at radius 1 is 1.47 bits per heavy atom.